The van der Waals surface area contributed by atoms with Crippen molar-refractivity contribution in [3.8, 4) is 0 Å². The molecule has 26 heavy (non-hydrogen) atoms. The molecule has 6 nitrogen and oxygen atoms in total. The predicted octanol–water partition coefficient (Wildman–Crippen LogP) is 3.12. The number of nitrogens with one attached hydrogen (secondary N) is 1. The van der Waals surface area contributed by atoms with Gasteiger partial charge in [0.1, 0.15) is 6.61 Å². The summed E-state index contributed by atoms with van der Waals surface area (Å²) >= 11 is 0. The number of nitrogens with zero attached hydrogens (tertiary/aromatic N) is 2. The van der Waals surface area contributed by atoms with E-state index in [1.807, 2.05) is 55.1 Å². The summed E-state index contributed by atoms with van der Waals surface area (Å²) in [6, 6.07) is 11.5. The van der Waals surface area contributed by atoms with Crippen molar-refractivity contribution < 1.29 is 14.3 Å². The highest BCUT2D eigenvalue weighted by Gasteiger charge is 2.25. The Morgan fingerprint density at radius 2 is 1.73 bits per heavy atom. The van der Waals surface area contributed by atoms with E-state index >= 15 is 0 Å². The van der Waals surface area contributed by atoms with E-state index in [-0.39, 0.29) is 18.6 Å². The molecule has 1 saturated heterocycles. The van der Waals surface area contributed by atoms with Gasteiger partial charge in [-0.15, -0.1) is 0 Å². The van der Waals surface area contributed by atoms with Crippen molar-refractivity contribution in [2.45, 2.75) is 26.9 Å². The molecular weight excluding hydrogens is 330 g/mol. The first-order valence-corrected chi connectivity index (χ1v) is 8.95. The fourth-order valence-corrected chi connectivity index (χ4v) is 3.23. The minimum absolute atomic E-state index is 0.0198. The zero-order valence-corrected chi connectivity index (χ0v) is 15.3. The van der Waals surface area contributed by atoms with Crippen LogP contribution in [-0.4, -0.2) is 53.0 Å². The summed E-state index contributed by atoms with van der Waals surface area (Å²) in [5.41, 5.74) is 3.54. The molecule has 0 bridgehead atoms. The van der Waals surface area contributed by atoms with E-state index in [0.29, 0.717) is 31.7 Å². The summed E-state index contributed by atoms with van der Waals surface area (Å²) in [5, 5.41) is 0. The predicted molar refractivity (Wildman–Crippen MR) is 99.0 cm³/mol. The maximum absolute atomic E-state index is 12.7. The summed E-state index contributed by atoms with van der Waals surface area (Å²) in [6.45, 7) is 6.36. The minimum atomic E-state index is -0.322. The van der Waals surface area contributed by atoms with Crippen molar-refractivity contribution in [2.75, 3.05) is 26.2 Å². The average molecular weight is 355 g/mol. The number of carbonyl (C=O) groups is 2. The second-order valence-electron chi connectivity index (χ2n) is 6.66. The van der Waals surface area contributed by atoms with Crippen LogP contribution in [0.15, 0.2) is 36.4 Å². The van der Waals surface area contributed by atoms with E-state index in [4.69, 9.17) is 4.74 Å². The number of aromatic amines is 1. The summed E-state index contributed by atoms with van der Waals surface area (Å²) in [5.74, 6) is 0.0198. The normalized spacial score (nSPS) is 14.8. The summed E-state index contributed by atoms with van der Waals surface area (Å²) < 4.78 is 5.40. The lowest BCUT2D eigenvalue weighted by Crippen LogP contribution is -2.37. The Bertz CT molecular complexity index is 770. The summed E-state index contributed by atoms with van der Waals surface area (Å²) in [6.07, 6.45) is 0.422. The Morgan fingerprint density at radius 3 is 2.42 bits per heavy atom. The fraction of sp³-hybridized carbons (Fsp3) is 0.400. The largest absolute Gasteiger partial charge is 0.445 e. The van der Waals surface area contributed by atoms with E-state index in [0.717, 1.165) is 23.4 Å². The molecule has 0 saturated carbocycles. The van der Waals surface area contributed by atoms with Gasteiger partial charge in [0, 0.05) is 37.6 Å². The van der Waals surface area contributed by atoms with E-state index in [2.05, 4.69) is 4.98 Å². The van der Waals surface area contributed by atoms with Crippen LogP contribution in [0.3, 0.4) is 0 Å². The monoisotopic (exact) mass is 355 g/mol. The molecule has 3 rings (SSSR count). The van der Waals surface area contributed by atoms with E-state index in [9.17, 15) is 9.59 Å². The van der Waals surface area contributed by atoms with E-state index in [1.54, 1.807) is 4.90 Å². The van der Waals surface area contributed by atoms with Gasteiger partial charge in [0.25, 0.3) is 5.91 Å². The Morgan fingerprint density at radius 1 is 1.04 bits per heavy atom. The number of aromatic nitrogens is 1. The van der Waals surface area contributed by atoms with Gasteiger partial charge in [-0.3, -0.25) is 4.79 Å². The smallest absolute Gasteiger partial charge is 0.410 e. The number of ether oxygens (including phenoxy) is 1. The van der Waals surface area contributed by atoms with Gasteiger partial charge in [0.05, 0.1) is 5.56 Å². The molecule has 6 heteroatoms. The van der Waals surface area contributed by atoms with Crippen molar-refractivity contribution in [3.63, 3.8) is 0 Å². The van der Waals surface area contributed by atoms with Gasteiger partial charge in [-0.05, 0) is 31.9 Å². The summed E-state index contributed by atoms with van der Waals surface area (Å²) in [4.78, 5) is 31.7. The van der Waals surface area contributed by atoms with Crippen LogP contribution in [0, 0.1) is 13.8 Å². The molecule has 1 aromatic heterocycles. The molecule has 1 aromatic carbocycles. The highest BCUT2D eigenvalue weighted by Crippen LogP contribution is 2.15. The molecule has 2 aromatic rings. The maximum atomic E-state index is 12.7. The molecule has 0 unspecified atom stereocenters. The second kappa shape index (κ2) is 8.08. The van der Waals surface area contributed by atoms with Crippen LogP contribution in [0.5, 0.6) is 0 Å². The van der Waals surface area contributed by atoms with Crippen LogP contribution in [0.2, 0.25) is 0 Å². The van der Waals surface area contributed by atoms with Gasteiger partial charge in [0.2, 0.25) is 0 Å². The first kappa shape index (κ1) is 18.0. The minimum Gasteiger partial charge on any atom is -0.445 e. The zero-order valence-electron chi connectivity index (χ0n) is 15.3. The Hall–Kier alpha value is -2.76. The van der Waals surface area contributed by atoms with Gasteiger partial charge >= 0.3 is 6.09 Å². The van der Waals surface area contributed by atoms with Crippen molar-refractivity contribution in [1.29, 1.82) is 0 Å². The third-order valence-corrected chi connectivity index (χ3v) is 4.63. The van der Waals surface area contributed by atoms with Gasteiger partial charge in [0.15, 0.2) is 0 Å². The standard InChI is InChI=1S/C20H25N3O3/c1-15-13-18(16(2)21-15)19(24)22-9-6-10-23(12-11-22)20(25)26-14-17-7-4-3-5-8-17/h3-5,7-8,13,21H,6,9-12,14H2,1-2H3. The number of aryl methyl sites for hydroxylation is 2. The highest BCUT2D eigenvalue weighted by molar-refractivity contribution is 5.95. The Balaban J connectivity index is 1.55. The Labute approximate surface area is 153 Å². The molecule has 2 heterocycles. The third kappa shape index (κ3) is 4.25. The van der Waals surface area contributed by atoms with Crippen LogP contribution in [-0.2, 0) is 11.3 Å². The molecular formula is C20H25N3O3. The number of benzene rings is 1. The number of amides is 2. The quantitative estimate of drug-likeness (QED) is 0.920. The van der Waals surface area contributed by atoms with Crippen LogP contribution in [0.4, 0.5) is 4.79 Å². The zero-order chi connectivity index (χ0) is 18.5. The molecule has 1 N–H and O–H groups in total. The molecule has 138 valence electrons. The molecule has 1 aliphatic rings. The fourth-order valence-electron chi connectivity index (χ4n) is 3.23. The van der Waals surface area contributed by atoms with Gasteiger partial charge in [-0.1, -0.05) is 30.3 Å². The van der Waals surface area contributed by atoms with Gasteiger partial charge < -0.3 is 19.5 Å². The highest BCUT2D eigenvalue weighted by atomic mass is 16.6. The summed E-state index contributed by atoms with van der Waals surface area (Å²) in [7, 11) is 0. The number of H-pyrrole nitrogens is 1. The molecule has 2 amide bonds. The van der Waals surface area contributed by atoms with Crippen LogP contribution in [0.25, 0.3) is 0 Å². The topological polar surface area (TPSA) is 65.6 Å². The number of rotatable bonds is 3. The first-order chi connectivity index (χ1) is 12.5. The molecule has 1 fully saturated rings. The Kier molecular flexibility index (Phi) is 5.61. The maximum Gasteiger partial charge on any atom is 0.410 e. The van der Waals surface area contributed by atoms with Crippen LogP contribution < -0.4 is 0 Å². The van der Waals surface area contributed by atoms with Crippen molar-refractivity contribution in [3.05, 3.63) is 58.9 Å². The number of hydrogen-bond acceptors (Lipinski definition) is 3. The molecule has 0 aliphatic carbocycles. The molecule has 1 aliphatic heterocycles. The van der Waals surface area contributed by atoms with Crippen LogP contribution in [0.1, 0.15) is 33.7 Å². The van der Waals surface area contributed by atoms with Crippen molar-refractivity contribution >= 4 is 12.0 Å². The van der Waals surface area contributed by atoms with Crippen LogP contribution >= 0.6 is 0 Å². The lowest BCUT2D eigenvalue weighted by molar-refractivity contribution is 0.0748. The number of carbonyl (C=O) groups excluding carboxylic acids is 2. The SMILES string of the molecule is Cc1cc(C(=O)N2CCCN(C(=O)OCc3ccccc3)CC2)c(C)[nH]1. The molecule has 0 atom stereocenters. The lowest BCUT2D eigenvalue weighted by atomic mass is 10.2. The van der Waals surface area contributed by atoms with Gasteiger partial charge in [-0.25, -0.2) is 4.79 Å². The lowest BCUT2D eigenvalue weighted by Gasteiger charge is -2.22. The third-order valence-electron chi connectivity index (χ3n) is 4.63. The average Bonchev–Trinajstić information content (AvgIpc) is 2.85. The van der Waals surface area contributed by atoms with Crippen molar-refractivity contribution in [2.24, 2.45) is 0 Å². The molecule has 0 radical (unpaired) electrons. The van der Waals surface area contributed by atoms with Crippen molar-refractivity contribution in [1.82, 2.24) is 14.8 Å². The van der Waals surface area contributed by atoms with E-state index in [1.165, 1.54) is 0 Å². The molecule has 0 spiro atoms. The van der Waals surface area contributed by atoms with Gasteiger partial charge in [-0.2, -0.15) is 0 Å². The van der Waals surface area contributed by atoms with E-state index < -0.39 is 0 Å². The number of hydrogen-bond donors (Lipinski definition) is 1. The first-order valence-electron chi connectivity index (χ1n) is 8.95. The second-order valence-corrected chi connectivity index (χ2v) is 6.66.